The maximum atomic E-state index is 12.2. The SMILES string of the molecule is C=Nc1[nH]nc(-n2cncc2-c2ccc(OCC(=O)NCCN(C)CCC)cc2Cl)c1SCNC(=O)C1CC1. The van der Waals surface area contributed by atoms with Gasteiger partial charge in [0.15, 0.2) is 18.2 Å². The van der Waals surface area contributed by atoms with Crippen LogP contribution in [0.3, 0.4) is 0 Å². The highest BCUT2D eigenvalue weighted by Gasteiger charge is 2.29. The average molecular weight is 573 g/mol. The molecule has 2 aromatic heterocycles. The van der Waals surface area contributed by atoms with Gasteiger partial charge in [0.05, 0.1) is 27.7 Å². The number of benzene rings is 1. The van der Waals surface area contributed by atoms with Gasteiger partial charge in [-0.1, -0.05) is 30.3 Å². The lowest BCUT2D eigenvalue weighted by Crippen LogP contribution is -2.35. The number of amides is 2. The van der Waals surface area contributed by atoms with E-state index in [1.54, 1.807) is 29.2 Å². The molecule has 2 amide bonds. The molecule has 0 atom stereocenters. The number of hydrogen-bond acceptors (Lipinski definition) is 8. The molecular formula is C26H33ClN8O3S. The van der Waals surface area contributed by atoms with Crippen molar-refractivity contribution in [3.8, 4) is 22.8 Å². The summed E-state index contributed by atoms with van der Waals surface area (Å²) >= 11 is 8.04. The van der Waals surface area contributed by atoms with Gasteiger partial charge in [-0.05, 0) is 57.8 Å². The highest BCUT2D eigenvalue weighted by atomic mass is 35.5. The molecule has 39 heavy (non-hydrogen) atoms. The monoisotopic (exact) mass is 572 g/mol. The number of carbonyl (C=O) groups excluding carboxylic acids is 2. The number of imidazole rings is 1. The van der Waals surface area contributed by atoms with Crippen LogP contribution in [0.15, 0.2) is 40.6 Å². The highest BCUT2D eigenvalue weighted by molar-refractivity contribution is 7.99. The molecule has 1 aromatic carbocycles. The summed E-state index contributed by atoms with van der Waals surface area (Å²) in [5.74, 6) is 1.93. The quantitative estimate of drug-likeness (QED) is 0.144. The molecule has 1 saturated carbocycles. The van der Waals surface area contributed by atoms with E-state index in [9.17, 15) is 9.59 Å². The van der Waals surface area contributed by atoms with E-state index in [4.69, 9.17) is 16.3 Å². The van der Waals surface area contributed by atoms with Crippen LogP contribution in [-0.4, -0.2) is 82.3 Å². The zero-order valence-electron chi connectivity index (χ0n) is 22.1. The number of aromatic amines is 1. The van der Waals surface area contributed by atoms with Crippen LogP contribution in [-0.2, 0) is 9.59 Å². The number of halogens is 1. The number of aliphatic imine (C=N–C) groups is 1. The predicted molar refractivity (Wildman–Crippen MR) is 153 cm³/mol. The molecule has 1 fully saturated rings. The minimum Gasteiger partial charge on any atom is -0.484 e. The van der Waals surface area contributed by atoms with Crippen LogP contribution in [0.2, 0.25) is 5.02 Å². The molecule has 0 saturated heterocycles. The van der Waals surface area contributed by atoms with Gasteiger partial charge in [0, 0.05) is 24.6 Å². The van der Waals surface area contributed by atoms with Crippen LogP contribution in [0.25, 0.3) is 17.1 Å². The normalized spacial score (nSPS) is 12.9. The summed E-state index contributed by atoms with van der Waals surface area (Å²) in [6.45, 7) is 7.97. The lowest BCUT2D eigenvalue weighted by Gasteiger charge is -2.15. The Hall–Kier alpha value is -3.35. The van der Waals surface area contributed by atoms with Crippen LogP contribution >= 0.6 is 23.4 Å². The summed E-state index contributed by atoms with van der Waals surface area (Å²) in [6, 6.07) is 5.23. The summed E-state index contributed by atoms with van der Waals surface area (Å²) < 4.78 is 7.45. The average Bonchev–Trinajstić information content (AvgIpc) is 3.53. The highest BCUT2D eigenvalue weighted by Crippen LogP contribution is 2.37. The van der Waals surface area contributed by atoms with Crippen molar-refractivity contribution < 1.29 is 14.3 Å². The maximum absolute atomic E-state index is 12.2. The van der Waals surface area contributed by atoms with Crippen LogP contribution in [0.5, 0.6) is 5.75 Å². The van der Waals surface area contributed by atoms with Gasteiger partial charge in [-0.15, -0.1) is 0 Å². The Labute approximate surface area is 236 Å². The predicted octanol–water partition coefficient (Wildman–Crippen LogP) is 3.66. The van der Waals surface area contributed by atoms with Gasteiger partial charge in [-0.3, -0.25) is 19.3 Å². The molecule has 0 spiro atoms. The fourth-order valence-electron chi connectivity index (χ4n) is 3.92. The molecule has 3 N–H and O–H groups in total. The van der Waals surface area contributed by atoms with Crippen molar-refractivity contribution in [2.75, 3.05) is 39.2 Å². The third-order valence-corrected chi connectivity index (χ3v) is 7.40. The second-order valence-corrected chi connectivity index (χ2v) is 10.6. The third kappa shape index (κ3) is 7.61. The molecule has 1 aliphatic carbocycles. The molecule has 208 valence electrons. The first-order chi connectivity index (χ1) is 18.9. The molecule has 2 heterocycles. The Morgan fingerprint density at radius 1 is 1.33 bits per heavy atom. The van der Waals surface area contributed by atoms with Crippen LogP contribution in [0.1, 0.15) is 26.2 Å². The molecule has 3 aromatic rings. The smallest absolute Gasteiger partial charge is 0.257 e. The minimum absolute atomic E-state index is 0.0649. The Morgan fingerprint density at radius 2 is 2.15 bits per heavy atom. The van der Waals surface area contributed by atoms with Gasteiger partial charge in [-0.25, -0.2) is 9.98 Å². The van der Waals surface area contributed by atoms with E-state index in [0.29, 0.717) is 46.1 Å². The number of nitrogens with one attached hydrogen (secondary N) is 3. The van der Waals surface area contributed by atoms with E-state index < -0.39 is 0 Å². The number of hydrogen-bond donors (Lipinski definition) is 3. The first kappa shape index (κ1) is 28.7. The van der Waals surface area contributed by atoms with Crippen molar-refractivity contribution in [2.24, 2.45) is 10.9 Å². The molecule has 0 unspecified atom stereocenters. The Kier molecular flexibility index (Phi) is 10.0. The van der Waals surface area contributed by atoms with Gasteiger partial charge >= 0.3 is 0 Å². The number of aromatic nitrogens is 4. The summed E-state index contributed by atoms with van der Waals surface area (Å²) in [7, 11) is 2.03. The van der Waals surface area contributed by atoms with Crippen LogP contribution in [0, 0.1) is 5.92 Å². The molecule has 1 aliphatic rings. The molecule has 11 nitrogen and oxygen atoms in total. The second-order valence-electron chi connectivity index (χ2n) is 9.22. The summed E-state index contributed by atoms with van der Waals surface area (Å²) in [5, 5.41) is 13.5. The lowest BCUT2D eigenvalue weighted by atomic mass is 10.1. The van der Waals surface area contributed by atoms with Crippen molar-refractivity contribution in [3.63, 3.8) is 0 Å². The molecule has 0 radical (unpaired) electrons. The van der Waals surface area contributed by atoms with Gasteiger partial charge in [0.2, 0.25) is 5.91 Å². The number of ether oxygens (including phenoxy) is 1. The maximum Gasteiger partial charge on any atom is 0.257 e. The molecule has 0 aliphatic heterocycles. The van der Waals surface area contributed by atoms with Gasteiger partial charge in [0.25, 0.3) is 5.91 Å². The fourth-order valence-corrected chi connectivity index (χ4v) is 5.07. The van der Waals surface area contributed by atoms with Crippen molar-refractivity contribution >= 4 is 47.7 Å². The van der Waals surface area contributed by atoms with Gasteiger partial charge < -0.3 is 20.3 Å². The van der Waals surface area contributed by atoms with E-state index in [1.165, 1.54) is 11.8 Å². The van der Waals surface area contributed by atoms with Crippen molar-refractivity contribution in [2.45, 2.75) is 31.1 Å². The zero-order chi connectivity index (χ0) is 27.8. The lowest BCUT2D eigenvalue weighted by molar-refractivity contribution is -0.123. The summed E-state index contributed by atoms with van der Waals surface area (Å²) in [5.41, 5.74) is 1.41. The zero-order valence-corrected chi connectivity index (χ0v) is 23.6. The molecule has 4 rings (SSSR count). The number of H-pyrrole nitrogens is 1. The standard InChI is InChI=1S/C26H33ClN8O3S/c1-4-10-34(3)11-9-30-22(36)14-38-18-7-8-19(20(27)12-18)21-13-29-15-35(21)25-23(24(28-2)32-33-25)39-16-31-26(37)17-5-6-17/h7-8,12-13,15,17H,2,4-6,9-11,14,16H2,1,3H3,(H,30,36)(H,31,37)(H,32,33). The number of likely N-dealkylation sites (N-methyl/N-ethyl adjacent to an activating group) is 1. The minimum atomic E-state index is -0.193. The number of thioether (sulfide) groups is 1. The van der Waals surface area contributed by atoms with Gasteiger partial charge in [-0.2, -0.15) is 5.10 Å². The van der Waals surface area contributed by atoms with Gasteiger partial charge in [0.1, 0.15) is 12.1 Å². The topological polar surface area (TPSA) is 130 Å². The van der Waals surface area contributed by atoms with Crippen molar-refractivity contribution in [3.05, 3.63) is 35.7 Å². The fraction of sp³-hybridized carbons (Fsp3) is 0.423. The third-order valence-electron chi connectivity index (χ3n) is 6.13. The van der Waals surface area contributed by atoms with E-state index in [1.807, 2.05) is 13.1 Å². The van der Waals surface area contributed by atoms with E-state index in [-0.39, 0.29) is 24.3 Å². The number of rotatable bonds is 15. The first-order valence-corrected chi connectivity index (χ1v) is 14.1. The largest absolute Gasteiger partial charge is 0.484 e. The van der Waals surface area contributed by atoms with Crippen molar-refractivity contribution in [1.82, 2.24) is 35.3 Å². The van der Waals surface area contributed by atoms with Crippen LogP contribution in [0.4, 0.5) is 5.82 Å². The number of carbonyl (C=O) groups is 2. The summed E-state index contributed by atoms with van der Waals surface area (Å²) in [4.78, 5) is 35.4. The molecular weight excluding hydrogens is 540 g/mol. The van der Waals surface area contributed by atoms with E-state index in [0.717, 1.165) is 37.2 Å². The van der Waals surface area contributed by atoms with Crippen LogP contribution < -0.4 is 15.4 Å². The number of nitrogens with zero attached hydrogens (tertiary/aromatic N) is 5. The Morgan fingerprint density at radius 3 is 2.87 bits per heavy atom. The molecule has 0 bridgehead atoms. The first-order valence-electron chi connectivity index (χ1n) is 12.8. The Bertz CT molecular complexity index is 1310. The molecule has 13 heteroatoms. The van der Waals surface area contributed by atoms with E-state index >= 15 is 0 Å². The second kappa shape index (κ2) is 13.6. The summed E-state index contributed by atoms with van der Waals surface area (Å²) in [6.07, 6.45) is 6.28. The Balaban J connectivity index is 1.41. The van der Waals surface area contributed by atoms with E-state index in [2.05, 4.69) is 49.3 Å². The van der Waals surface area contributed by atoms with Crippen molar-refractivity contribution in [1.29, 1.82) is 0 Å².